The zero-order valence-electron chi connectivity index (χ0n) is 6.01. The number of oxazole rings is 1. The topological polar surface area (TPSA) is 52.0 Å². The number of hydrogen-bond donors (Lipinski definition) is 1. The summed E-state index contributed by atoms with van der Waals surface area (Å²) >= 11 is 0. The largest absolute Gasteiger partial charge is 0.448 e. The third-order valence-corrected chi connectivity index (χ3v) is 1.32. The molecule has 12 heavy (non-hydrogen) atoms. The van der Waals surface area contributed by atoms with E-state index in [9.17, 15) is 13.2 Å². The second-order valence-electron chi connectivity index (χ2n) is 2.32. The number of halogens is 3. The predicted octanol–water partition coefficient (Wildman–Crippen LogP) is 1.11. The Bertz CT molecular complexity index is 231. The van der Waals surface area contributed by atoms with Crippen LogP contribution in [-0.4, -0.2) is 17.2 Å². The molecule has 1 aromatic rings. The van der Waals surface area contributed by atoms with Crippen molar-refractivity contribution in [1.82, 2.24) is 4.98 Å². The highest BCUT2D eigenvalue weighted by Gasteiger charge is 2.37. The molecule has 0 spiro atoms. The fourth-order valence-corrected chi connectivity index (χ4v) is 0.675. The molecule has 1 rings (SSSR count). The monoisotopic (exact) mass is 180 g/mol. The number of nitrogens with zero attached hydrogens (tertiary/aromatic N) is 1. The molecule has 6 heteroatoms. The Labute approximate surface area is 66.4 Å². The second kappa shape index (κ2) is 3.14. The summed E-state index contributed by atoms with van der Waals surface area (Å²) in [4.78, 5) is 3.47. The van der Waals surface area contributed by atoms with Crippen LogP contribution in [0.15, 0.2) is 17.0 Å². The van der Waals surface area contributed by atoms with Crippen molar-refractivity contribution >= 4 is 0 Å². The Morgan fingerprint density at radius 3 is 2.67 bits per heavy atom. The molecule has 0 fully saturated rings. The highest BCUT2D eigenvalue weighted by Crippen LogP contribution is 2.20. The van der Waals surface area contributed by atoms with Gasteiger partial charge in [0.25, 0.3) is 0 Å². The van der Waals surface area contributed by atoms with E-state index in [1.807, 2.05) is 0 Å². The van der Waals surface area contributed by atoms with Crippen LogP contribution in [0.5, 0.6) is 0 Å². The first kappa shape index (κ1) is 9.05. The Morgan fingerprint density at radius 2 is 2.25 bits per heavy atom. The summed E-state index contributed by atoms with van der Waals surface area (Å²) in [6.07, 6.45) is -2.47. The Hall–Kier alpha value is -1.04. The van der Waals surface area contributed by atoms with Gasteiger partial charge in [0.05, 0.1) is 6.20 Å². The number of aromatic nitrogens is 1. The second-order valence-corrected chi connectivity index (χ2v) is 2.32. The smallest absolute Gasteiger partial charge is 0.404 e. The maximum absolute atomic E-state index is 11.9. The molecule has 0 aliphatic carbocycles. The van der Waals surface area contributed by atoms with Crippen molar-refractivity contribution in [3.8, 4) is 0 Å². The zero-order chi connectivity index (χ0) is 9.19. The van der Waals surface area contributed by atoms with Crippen molar-refractivity contribution in [3.63, 3.8) is 0 Å². The van der Waals surface area contributed by atoms with Gasteiger partial charge in [0, 0.05) is 6.42 Å². The summed E-state index contributed by atoms with van der Waals surface area (Å²) in [6.45, 7) is 0. The Kier molecular flexibility index (Phi) is 2.37. The molecular weight excluding hydrogens is 173 g/mol. The fraction of sp³-hybridized carbons (Fsp3) is 0.500. The van der Waals surface area contributed by atoms with Crippen LogP contribution in [0.4, 0.5) is 13.2 Å². The Morgan fingerprint density at radius 1 is 1.58 bits per heavy atom. The van der Waals surface area contributed by atoms with Crippen LogP contribution in [0.3, 0.4) is 0 Å². The standard InChI is InChI=1S/C6H7F3N2O/c7-6(8,9)5(10)1-4-2-11-3-12-4/h2-3,5H,1,10H2. The van der Waals surface area contributed by atoms with Gasteiger partial charge < -0.3 is 10.2 Å². The number of nitrogens with two attached hydrogens (primary N) is 1. The van der Waals surface area contributed by atoms with Crippen molar-refractivity contribution in [3.05, 3.63) is 18.4 Å². The molecule has 0 saturated carbocycles. The van der Waals surface area contributed by atoms with E-state index in [-0.39, 0.29) is 12.2 Å². The summed E-state index contributed by atoms with van der Waals surface area (Å²) in [7, 11) is 0. The van der Waals surface area contributed by atoms with Gasteiger partial charge in [-0.3, -0.25) is 0 Å². The van der Waals surface area contributed by atoms with Crippen molar-refractivity contribution in [2.75, 3.05) is 0 Å². The number of alkyl halides is 3. The number of rotatable bonds is 2. The lowest BCUT2D eigenvalue weighted by Gasteiger charge is -2.13. The molecule has 1 unspecified atom stereocenters. The summed E-state index contributed by atoms with van der Waals surface area (Å²) in [6, 6.07) is -1.88. The molecule has 0 aliphatic heterocycles. The van der Waals surface area contributed by atoms with Crippen LogP contribution in [-0.2, 0) is 6.42 Å². The quantitative estimate of drug-likeness (QED) is 0.741. The first-order valence-electron chi connectivity index (χ1n) is 3.20. The third-order valence-electron chi connectivity index (χ3n) is 1.32. The van der Waals surface area contributed by atoms with Gasteiger partial charge in [-0.25, -0.2) is 4.98 Å². The molecule has 0 saturated heterocycles. The minimum absolute atomic E-state index is 0.139. The number of hydrogen-bond acceptors (Lipinski definition) is 3. The lowest BCUT2D eigenvalue weighted by molar-refractivity contribution is -0.147. The van der Waals surface area contributed by atoms with E-state index in [4.69, 9.17) is 5.73 Å². The minimum atomic E-state index is -4.38. The van der Waals surface area contributed by atoms with E-state index < -0.39 is 12.2 Å². The molecule has 1 atom stereocenters. The molecule has 68 valence electrons. The van der Waals surface area contributed by atoms with Crippen molar-refractivity contribution < 1.29 is 17.6 Å². The molecule has 0 radical (unpaired) electrons. The van der Waals surface area contributed by atoms with Crippen LogP contribution in [0.1, 0.15) is 5.76 Å². The maximum atomic E-state index is 11.9. The average Bonchev–Trinajstić information content (AvgIpc) is 2.37. The van der Waals surface area contributed by atoms with Gasteiger partial charge in [-0.1, -0.05) is 0 Å². The van der Waals surface area contributed by atoms with Crippen LogP contribution >= 0.6 is 0 Å². The maximum Gasteiger partial charge on any atom is 0.404 e. The molecule has 1 aromatic heterocycles. The molecule has 2 N–H and O–H groups in total. The van der Waals surface area contributed by atoms with Gasteiger partial charge in [0.15, 0.2) is 6.39 Å². The average molecular weight is 180 g/mol. The van der Waals surface area contributed by atoms with E-state index in [2.05, 4.69) is 9.40 Å². The molecule has 1 heterocycles. The van der Waals surface area contributed by atoms with E-state index >= 15 is 0 Å². The molecule has 0 aliphatic rings. The van der Waals surface area contributed by atoms with Crippen molar-refractivity contribution in [1.29, 1.82) is 0 Å². The lowest BCUT2D eigenvalue weighted by Crippen LogP contribution is -2.38. The van der Waals surface area contributed by atoms with Crippen LogP contribution in [0.25, 0.3) is 0 Å². The minimum Gasteiger partial charge on any atom is -0.448 e. The van der Waals surface area contributed by atoms with Gasteiger partial charge in [-0.05, 0) is 0 Å². The SMILES string of the molecule is NC(Cc1cnco1)C(F)(F)F. The summed E-state index contributed by atoms with van der Waals surface area (Å²) in [5.74, 6) is 0.139. The molecule has 3 nitrogen and oxygen atoms in total. The lowest BCUT2D eigenvalue weighted by atomic mass is 10.2. The first-order valence-corrected chi connectivity index (χ1v) is 3.20. The van der Waals surface area contributed by atoms with Crippen LogP contribution < -0.4 is 5.73 Å². The summed E-state index contributed by atoms with van der Waals surface area (Å²) in [5.41, 5.74) is 4.83. The van der Waals surface area contributed by atoms with E-state index in [1.165, 1.54) is 6.20 Å². The van der Waals surface area contributed by atoms with Gasteiger partial charge in [0.1, 0.15) is 11.8 Å². The summed E-state index contributed by atoms with van der Waals surface area (Å²) < 4.78 is 40.2. The molecule has 0 aromatic carbocycles. The van der Waals surface area contributed by atoms with Gasteiger partial charge in [0.2, 0.25) is 0 Å². The zero-order valence-corrected chi connectivity index (χ0v) is 6.01. The van der Waals surface area contributed by atoms with Crippen LogP contribution in [0, 0.1) is 0 Å². The van der Waals surface area contributed by atoms with Gasteiger partial charge >= 0.3 is 6.18 Å². The van der Waals surface area contributed by atoms with E-state index in [1.54, 1.807) is 0 Å². The van der Waals surface area contributed by atoms with Crippen molar-refractivity contribution in [2.45, 2.75) is 18.6 Å². The molecular formula is C6H7F3N2O. The summed E-state index contributed by atoms with van der Waals surface area (Å²) in [5, 5.41) is 0. The highest BCUT2D eigenvalue weighted by atomic mass is 19.4. The first-order chi connectivity index (χ1) is 5.50. The van der Waals surface area contributed by atoms with Crippen LogP contribution in [0.2, 0.25) is 0 Å². The van der Waals surface area contributed by atoms with Gasteiger partial charge in [-0.15, -0.1) is 0 Å². The Balaban J connectivity index is 2.53. The van der Waals surface area contributed by atoms with E-state index in [0.29, 0.717) is 0 Å². The molecule has 0 bridgehead atoms. The van der Waals surface area contributed by atoms with E-state index in [0.717, 1.165) is 6.39 Å². The fourth-order valence-electron chi connectivity index (χ4n) is 0.675. The van der Waals surface area contributed by atoms with Crippen molar-refractivity contribution in [2.24, 2.45) is 5.73 Å². The normalized spacial score (nSPS) is 14.7. The third kappa shape index (κ3) is 2.23. The molecule has 0 amide bonds. The highest BCUT2D eigenvalue weighted by molar-refractivity contribution is 4.93. The van der Waals surface area contributed by atoms with Gasteiger partial charge in [-0.2, -0.15) is 13.2 Å². The predicted molar refractivity (Wildman–Crippen MR) is 34.2 cm³/mol.